The quantitative estimate of drug-likeness (QED) is 0.730. The molecule has 0 aromatic heterocycles. The van der Waals surface area contributed by atoms with Crippen LogP contribution in [0.5, 0.6) is 0 Å². The molecule has 158 valence electrons. The molecule has 0 bridgehead atoms. The highest BCUT2D eigenvalue weighted by molar-refractivity contribution is 5.87. The SMILES string of the molecule is CC(CCC(=O)O)C1CCC2C3CCC4C[C@@H](O)CCC4(C)C3CC(=O)C12C. The summed E-state index contributed by atoms with van der Waals surface area (Å²) in [7, 11) is 0. The Bertz CT molecular complexity index is 645. The summed E-state index contributed by atoms with van der Waals surface area (Å²) in [6, 6.07) is 0. The fraction of sp³-hybridized carbons (Fsp3) is 0.917. The van der Waals surface area contributed by atoms with Crippen molar-refractivity contribution in [3.05, 3.63) is 0 Å². The lowest BCUT2D eigenvalue weighted by Gasteiger charge is -2.60. The summed E-state index contributed by atoms with van der Waals surface area (Å²) in [6.07, 6.45) is 8.96. The molecule has 0 amide bonds. The number of carboxylic acid groups (broad SMARTS) is 1. The number of carboxylic acids is 1. The molecule has 8 unspecified atom stereocenters. The average molecular weight is 391 g/mol. The van der Waals surface area contributed by atoms with Gasteiger partial charge in [0.15, 0.2) is 0 Å². The Morgan fingerprint density at radius 2 is 1.89 bits per heavy atom. The third-order valence-electron chi connectivity index (χ3n) is 10.1. The van der Waals surface area contributed by atoms with Crippen molar-refractivity contribution in [2.24, 2.45) is 46.3 Å². The lowest BCUT2D eigenvalue weighted by Crippen LogP contribution is -2.57. The van der Waals surface area contributed by atoms with Gasteiger partial charge in [-0.2, -0.15) is 0 Å². The van der Waals surface area contributed by atoms with E-state index in [0.29, 0.717) is 54.1 Å². The monoisotopic (exact) mass is 390 g/mol. The zero-order valence-electron chi connectivity index (χ0n) is 17.8. The van der Waals surface area contributed by atoms with Gasteiger partial charge >= 0.3 is 5.97 Å². The van der Waals surface area contributed by atoms with Gasteiger partial charge in [0.05, 0.1) is 6.10 Å². The van der Waals surface area contributed by atoms with Crippen molar-refractivity contribution in [1.82, 2.24) is 0 Å². The van der Waals surface area contributed by atoms with Crippen LogP contribution in [0.25, 0.3) is 0 Å². The molecule has 2 N–H and O–H groups in total. The molecule has 0 spiro atoms. The topological polar surface area (TPSA) is 74.6 Å². The Balaban J connectivity index is 1.57. The number of carbonyl (C=O) groups excluding carboxylic acids is 1. The van der Waals surface area contributed by atoms with Crippen LogP contribution in [0, 0.1) is 46.3 Å². The summed E-state index contributed by atoms with van der Waals surface area (Å²) in [4.78, 5) is 24.7. The van der Waals surface area contributed by atoms with Crippen LogP contribution >= 0.6 is 0 Å². The van der Waals surface area contributed by atoms with E-state index in [1.54, 1.807) is 0 Å². The Labute approximate surface area is 169 Å². The van der Waals surface area contributed by atoms with Crippen LogP contribution in [0.15, 0.2) is 0 Å². The van der Waals surface area contributed by atoms with Gasteiger partial charge in [-0.25, -0.2) is 0 Å². The highest BCUT2D eigenvalue weighted by Gasteiger charge is 2.63. The minimum Gasteiger partial charge on any atom is -0.481 e. The van der Waals surface area contributed by atoms with Crippen molar-refractivity contribution >= 4 is 11.8 Å². The van der Waals surface area contributed by atoms with E-state index in [9.17, 15) is 14.7 Å². The molecule has 4 saturated carbocycles. The maximum absolute atomic E-state index is 13.6. The van der Waals surface area contributed by atoms with Gasteiger partial charge in [0.1, 0.15) is 5.78 Å². The second-order valence-corrected chi connectivity index (χ2v) is 11.1. The molecule has 28 heavy (non-hydrogen) atoms. The molecule has 0 aliphatic heterocycles. The standard InChI is InChI=1S/C24H38O4/c1-14(4-9-22(27)28)18-7-8-19-17-6-5-15-12-16(25)10-11-23(15,2)20(17)13-21(26)24(18,19)3/h14-20,25H,4-13H2,1-3H3,(H,27,28)/t14?,15?,16-,17?,18?,19?,20?,23?,24?/m0/s1. The maximum atomic E-state index is 13.6. The number of fused-ring (bicyclic) bond motifs is 5. The summed E-state index contributed by atoms with van der Waals surface area (Å²) in [5, 5.41) is 19.3. The summed E-state index contributed by atoms with van der Waals surface area (Å²) in [5.74, 6) is 2.52. The van der Waals surface area contributed by atoms with Crippen molar-refractivity contribution in [2.45, 2.75) is 91.1 Å². The first kappa shape index (κ1) is 20.4. The second-order valence-electron chi connectivity index (χ2n) is 11.1. The van der Waals surface area contributed by atoms with Gasteiger partial charge in [-0.05, 0) is 92.3 Å². The number of hydrogen-bond acceptors (Lipinski definition) is 3. The van der Waals surface area contributed by atoms with Gasteiger partial charge in [-0.15, -0.1) is 0 Å². The first-order chi connectivity index (χ1) is 13.2. The van der Waals surface area contributed by atoms with Crippen LogP contribution in [-0.2, 0) is 9.59 Å². The molecule has 0 saturated heterocycles. The van der Waals surface area contributed by atoms with E-state index < -0.39 is 5.97 Å². The summed E-state index contributed by atoms with van der Waals surface area (Å²) in [5.41, 5.74) is -0.0391. The molecule has 0 heterocycles. The van der Waals surface area contributed by atoms with Gasteiger partial charge in [0.2, 0.25) is 0 Å². The predicted octanol–water partition coefficient (Wildman–Crippen LogP) is 4.69. The van der Waals surface area contributed by atoms with Crippen LogP contribution in [0.4, 0.5) is 0 Å². The molecule has 0 radical (unpaired) electrons. The molecular weight excluding hydrogens is 352 g/mol. The average Bonchev–Trinajstić information content (AvgIpc) is 3.00. The molecule has 4 heteroatoms. The third-order valence-corrected chi connectivity index (χ3v) is 10.1. The number of aliphatic carboxylic acids is 1. The van der Waals surface area contributed by atoms with Crippen LogP contribution in [0.1, 0.15) is 85.0 Å². The van der Waals surface area contributed by atoms with Crippen molar-refractivity contribution in [1.29, 1.82) is 0 Å². The summed E-state index contributed by atoms with van der Waals surface area (Å²) >= 11 is 0. The van der Waals surface area contributed by atoms with Gasteiger partial charge in [-0.1, -0.05) is 20.8 Å². The summed E-state index contributed by atoms with van der Waals surface area (Å²) in [6.45, 7) is 6.81. The molecule has 9 atom stereocenters. The maximum Gasteiger partial charge on any atom is 0.303 e. The molecule has 4 rings (SSSR count). The third kappa shape index (κ3) is 2.97. The molecule has 0 aromatic rings. The fourth-order valence-electron chi connectivity index (χ4n) is 8.44. The number of Topliss-reactive ketones (excluding diaryl/α,β-unsaturated/α-hetero) is 1. The van der Waals surface area contributed by atoms with Gasteiger partial charge in [0, 0.05) is 18.3 Å². The lowest BCUT2D eigenvalue weighted by molar-refractivity contribution is -0.160. The number of aliphatic hydroxyl groups is 1. The Morgan fingerprint density at radius 1 is 1.14 bits per heavy atom. The van der Waals surface area contributed by atoms with E-state index in [0.717, 1.165) is 32.1 Å². The number of ketones is 1. The minimum atomic E-state index is -0.729. The molecular formula is C24H38O4. The molecule has 4 aliphatic carbocycles. The smallest absolute Gasteiger partial charge is 0.303 e. The normalized spacial score (nSPS) is 49.1. The lowest BCUT2D eigenvalue weighted by atomic mass is 9.44. The molecule has 4 aliphatic rings. The van der Waals surface area contributed by atoms with Crippen molar-refractivity contribution in [2.75, 3.05) is 0 Å². The molecule has 4 nitrogen and oxygen atoms in total. The van der Waals surface area contributed by atoms with E-state index in [-0.39, 0.29) is 23.4 Å². The minimum absolute atomic E-state index is 0.148. The fourth-order valence-corrected chi connectivity index (χ4v) is 8.44. The highest BCUT2D eigenvalue weighted by Crippen LogP contribution is 2.67. The largest absolute Gasteiger partial charge is 0.481 e. The highest BCUT2D eigenvalue weighted by atomic mass is 16.4. The first-order valence-electron chi connectivity index (χ1n) is 11.6. The van der Waals surface area contributed by atoms with Crippen LogP contribution in [0.3, 0.4) is 0 Å². The zero-order chi connectivity index (χ0) is 20.3. The number of rotatable bonds is 4. The molecule has 4 fully saturated rings. The van der Waals surface area contributed by atoms with E-state index in [1.165, 1.54) is 12.8 Å². The van der Waals surface area contributed by atoms with Crippen molar-refractivity contribution in [3.63, 3.8) is 0 Å². The van der Waals surface area contributed by atoms with E-state index in [1.807, 2.05) is 0 Å². The van der Waals surface area contributed by atoms with Gasteiger partial charge in [0.25, 0.3) is 0 Å². The first-order valence-corrected chi connectivity index (χ1v) is 11.6. The molecule has 0 aromatic carbocycles. The predicted molar refractivity (Wildman–Crippen MR) is 108 cm³/mol. The Morgan fingerprint density at radius 3 is 2.61 bits per heavy atom. The van der Waals surface area contributed by atoms with E-state index in [4.69, 9.17) is 5.11 Å². The van der Waals surface area contributed by atoms with Crippen molar-refractivity contribution < 1.29 is 19.8 Å². The van der Waals surface area contributed by atoms with Gasteiger partial charge < -0.3 is 10.2 Å². The van der Waals surface area contributed by atoms with Crippen LogP contribution in [0.2, 0.25) is 0 Å². The van der Waals surface area contributed by atoms with E-state index >= 15 is 0 Å². The van der Waals surface area contributed by atoms with Crippen molar-refractivity contribution in [3.8, 4) is 0 Å². The zero-order valence-corrected chi connectivity index (χ0v) is 17.8. The Hall–Kier alpha value is -0.900. The van der Waals surface area contributed by atoms with Crippen LogP contribution in [-0.4, -0.2) is 28.1 Å². The summed E-state index contributed by atoms with van der Waals surface area (Å²) < 4.78 is 0. The second kappa shape index (κ2) is 7.11. The number of aliphatic hydroxyl groups excluding tert-OH is 1. The Kier molecular flexibility index (Phi) is 5.17. The van der Waals surface area contributed by atoms with Crippen LogP contribution < -0.4 is 0 Å². The van der Waals surface area contributed by atoms with E-state index in [2.05, 4.69) is 20.8 Å². The number of carbonyl (C=O) groups is 2. The number of hydrogen-bond donors (Lipinski definition) is 2. The van der Waals surface area contributed by atoms with Gasteiger partial charge in [-0.3, -0.25) is 9.59 Å².